The maximum absolute atomic E-state index is 13.8. The number of nitrogens with one attached hydrogen (secondary N) is 1. The Bertz CT molecular complexity index is 569. The van der Waals surface area contributed by atoms with E-state index in [2.05, 4.69) is 5.32 Å². The number of carbonyl (C=O) groups is 3. The fraction of sp³-hybridized carbons (Fsp3) is 0.250. The van der Waals surface area contributed by atoms with Crippen molar-refractivity contribution in [3.05, 3.63) is 29.1 Å². The molecule has 5 nitrogen and oxygen atoms in total. The predicted molar refractivity (Wildman–Crippen MR) is 61.9 cm³/mol. The summed E-state index contributed by atoms with van der Waals surface area (Å²) in [4.78, 5) is 35.5. The van der Waals surface area contributed by atoms with E-state index in [1.54, 1.807) is 6.92 Å². The molecule has 18 heavy (non-hydrogen) atoms. The maximum Gasteiger partial charge on any atom is 0.300 e. The highest BCUT2D eigenvalue weighted by Gasteiger charge is 2.39. The van der Waals surface area contributed by atoms with Crippen molar-refractivity contribution in [2.75, 3.05) is 18.5 Å². The molecule has 0 saturated heterocycles. The van der Waals surface area contributed by atoms with Crippen LogP contribution in [0.4, 0.5) is 10.1 Å². The van der Waals surface area contributed by atoms with E-state index in [0.717, 1.165) is 4.90 Å². The number of amides is 2. The zero-order chi connectivity index (χ0) is 13.4. The predicted octanol–water partition coefficient (Wildman–Crippen LogP) is 0.409. The molecule has 0 atom stereocenters. The highest BCUT2D eigenvalue weighted by molar-refractivity contribution is 6.52. The molecular formula is C12H11FN2O3. The molecule has 0 unspecified atom stereocenters. The third-order valence-corrected chi connectivity index (χ3v) is 2.74. The summed E-state index contributed by atoms with van der Waals surface area (Å²) < 4.78 is 13.8. The van der Waals surface area contributed by atoms with E-state index < -0.39 is 23.4 Å². The molecular weight excluding hydrogens is 239 g/mol. The van der Waals surface area contributed by atoms with Gasteiger partial charge in [-0.15, -0.1) is 0 Å². The number of hydrogen-bond acceptors (Lipinski definition) is 3. The van der Waals surface area contributed by atoms with Gasteiger partial charge in [-0.1, -0.05) is 0 Å². The maximum atomic E-state index is 13.8. The van der Waals surface area contributed by atoms with E-state index >= 15 is 0 Å². The molecule has 0 aliphatic carbocycles. The monoisotopic (exact) mass is 250 g/mol. The number of likely N-dealkylation sites (N-methyl/N-ethyl adjacent to an activating group) is 1. The van der Waals surface area contributed by atoms with E-state index in [9.17, 15) is 18.8 Å². The van der Waals surface area contributed by atoms with Gasteiger partial charge >= 0.3 is 0 Å². The molecule has 94 valence electrons. The van der Waals surface area contributed by atoms with Gasteiger partial charge in [-0.05, 0) is 24.6 Å². The Morgan fingerprint density at radius 3 is 2.67 bits per heavy atom. The summed E-state index contributed by atoms with van der Waals surface area (Å²) in [6, 6.07) is 2.67. The van der Waals surface area contributed by atoms with E-state index in [0.29, 0.717) is 5.56 Å². The van der Waals surface area contributed by atoms with E-state index in [1.807, 2.05) is 0 Å². The minimum atomic E-state index is -0.877. The van der Waals surface area contributed by atoms with Gasteiger partial charge in [-0.25, -0.2) is 4.39 Å². The van der Waals surface area contributed by atoms with Gasteiger partial charge in [0.2, 0.25) is 5.91 Å². The Hall–Kier alpha value is -2.24. The first kappa shape index (κ1) is 12.2. The minimum Gasteiger partial charge on any atom is -0.358 e. The summed E-state index contributed by atoms with van der Waals surface area (Å²) in [5, 5.41) is 2.32. The van der Waals surface area contributed by atoms with Gasteiger partial charge in [-0.2, -0.15) is 0 Å². The van der Waals surface area contributed by atoms with Gasteiger partial charge in [0.25, 0.3) is 11.7 Å². The van der Waals surface area contributed by atoms with Gasteiger partial charge in [0.15, 0.2) is 0 Å². The van der Waals surface area contributed by atoms with E-state index in [-0.39, 0.29) is 17.8 Å². The van der Waals surface area contributed by atoms with Crippen LogP contribution in [-0.2, 0) is 9.59 Å². The van der Waals surface area contributed by atoms with Crippen LogP contribution < -0.4 is 10.2 Å². The van der Waals surface area contributed by atoms with Crippen molar-refractivity contribution in [2.45, 2.75) is 6.92 Å². The average Bonchev–Trinajstić information content (AvgIpc) is 2.54. The molecule has 1 N–H and O–H groups in total. The number of ketones is 1. The lowest BCUT2D eigenvalue weighted by atomic mass is 10.1. The molecule has 1 aliphatic rings. The highest BCUT2D eigenvalue weighted by atomic mass is 19.1. The van der Waals surface area contributed by atoms with E-state index in [1.165, 1.54) is 19.2 Å². The highest BCUT2D eigenvalue weighted by Crippen LogP contribution is 2.32. The Labute approximate surface area is 103 Å². The first-order valence-electron chi connectivity index (χ1n) is 5.32. The molecule has 1 heterocycles. The molecule has 6 heteroatoms. The number of nitrogens with zero attached hydrogens (tertiary/aromatic N) is 1. The lowest BCUT2D eigenvalue weighted by Crippen LogP contribution is -2.39. The zero-order valence-electron chi connectivity index (χ0n) is 9.91. The number of halogens is 1. The Kier molecular flexibility index (Phi) is 2.86. The molecule has 0 saturated carbocycles. The number of fused-ring (bicyclic) bond motifs is 1. The number of aryl methyl sites for hydroxylation is 1. The number of rotatable bonds is 2. The lowest BCUT2D eigenvalue weighted by molar-refractivity contribution is -0.121. The van der Waals surface area contributed by atoms with Gasteiger partial charge in [-0.3, -0.25) is 19.3 Å². The first-order chi connectivity index (χ1) is 8.45. The van der Waals surface area contributed by atoms with Gasteiger partial charge in [0.05, 0.1) is 11.3 Å². The van der Waals surface area contributed by atoms with E-state index in [4.69, 9.17) is 0 Å². The first-order valence-corrected chi connectivity index (χ1v) is 5.32. The summed E-state index contributed by atoms with van der Waals surface area (Å²) in [5.74, 6) is -2.80. The number of anilines is 1. The second kappa shape index (κ2) is 4.21. The third-order valence-electron chi connectivity index (χ3n) is 2.74. The summed E-state index contributed by atoms with van der Waals surface area (Å²) >= 11 is 0. The van der Waals surface area contributed by atoms with Crippen LogP contribution in [0.15, 0.2) is 12.1 Å². The summed E-state index contributed by atoms with van der Waals surface area (Å²) in [6.07, 6.45) is 0. The summed E-state index contributed by atoms with van der Waals surface area (Å²) in [5.41, 5.74) is 0.454. The Morgan fingerprint density at radius 2 is 2.06 bits per heavy atom. The Balaban J connectivity index is 2.51. The van der Waals surface area contributed by atoms with Crippen LogP contribution in [-0.4, -0.2) is 31.2 Å². The quantitative estimate of drug-likeness (QED) is 0.773. The van der Waals surface area contributed by atoms with Crippen molar-refractivity contribution in [3.63, 3.8) is 0 Å². The SMILES string of the molecule is CNC(=O)CN1C(=O)C(=O)c2cc(C)cc(F)c21. The summed E-state index contributed by atoms with van der Waals surface area (Å²) in [6.45, 7) is 1.26. The largest absolute Gasteiger partial charge is 0.358 e. The van der Waals surface area contributed by atoms with Gasteiger partial charge in [0.1, 0.15) is 12.4 Å². The molecule has 2 amide bonds. The average molecular weight is 250 g/mol. The number of hydrogen-bond donors (Lipinski definition) is 1. The molecule has 0 radical (unpaired) electrons. The summed E-state index contributed by atoms with van der Waals surface area (Å²) in [7, 11) is 1.40. The van der Waals surface area contributed by atoms with Gasteiger partial charge in [0, 0.05) is 7.05 Å². The van der Waals surface area contributed by atoms with Crippen molar-refractivity contribution in [1.82, 2.24) is 5.32 Å². The van der Waals surface area contributed by atoms with Gasteiger partial charge < -0.3 is 5.32 Å². The molecule has 0 aromatic heterocycles. The van der Waals surface area contributed by atoms with Crippen molar-refractivity contribution in [3.8, 4) is 0 Å². The second-order valence-electron chi connectivity index (χ2n) is 4.04. The lowest BCUT2D eigenvalue weighted by Gasteiger charge is -2.15. The normalized spacial score (nSPS) is 13.8. The molecule has 1 aliphatic heterocycles. The third kappa shape index (κ3) is 1.75. The topological polar surface area (TPSA) is 66.5 Å². The molecule has 1 aromatic carbocycles. The van der Waals surface area contributed by atoms with Crippen LogP contribution in [0.25, 0.3) is 0 Å². The molecule has 0 fully saturated rings. The zero-order valence-corrected chi connectivity index (χ0v) is 9.91. The molecule has 0 spiro atoms. The molecule has 1 aromatic rings. The Morgan fingerprint density at radius 1 is 1.39 bits per heavy atom. The fourth-order valence-electron chi connectivity index (χ4n) is 1.89. The van der Waals surface area contributed by atoms with Crippen LogP contribution >= 0.6 is 0 Å². The van der Waals surface area contributed by atoms with Crippen molar-refractivity contribution in [2.24, 2.45) is 0 Å². The number of Topliss-reactive ketones (excluding diaryl/α,β-unsaturated/α-hetero) is 1. The number of carbonyl (C=O) groups excluding carboxylic acids is 3. The number of benzene rings is 1. The second-order valence-corrected chi connectivity index (χ2v) is 4.04. The minimum absolute atomic E-state index is 0.0152. The van der Waals surface area contributed by atoms with Crippen LogP contribution in [0, 0.1) is 12.7 Å². The van der Waals surface area contributed by atoms with Crippen LogP contribution in [0.2, 0.25) is 0 Å². The standard InChI is InChI=1S/C12H11FN2O3/c1-6-3-7-10(8(13)4-6)15(5-9(16)14-2)12(18)11(7)17/h3-4H,5H2,1-2H3,(H,14,16). The fourth-order valence-corrected chi connectivity index (χ4v) is 1.89. The van der Waals surface area contributed by atoms with Crippen molar-refractivity contribution >= 4 is 23.3 Å². The van der Waals surface area contributed by atoms with Crippen LogP contribution in [0.1, 0.15) is 15.9 Å². The van der Waals surface area contributed by atoms with Crippen molar-refractivity contribution < 1.29 is 18.8 Å². The van der Waals surface area contributed by atoms with Crippen LogP contribution in [0.5, 0.6) is 0 Å². The van der Waals surface area contributed by atoms with Crippen LogP contribution in [0.3, 0.4) is 0 Å². The molecule has 2 rings (SSSR count). The molecule has 0 bridgehead atoms. The van der Waals surface area contributed by atoms with Crippen molar-refractivity contribution in [1.29, 1.82) is 0 Å². The smallest absolute Gasteiger partial charge is 0.300 e.